The van der Waals surface area contributed by atoms with Crippen LogP contribution in [0.4, 0.5) is 0 Å². The number of nitrogens with one attached hydrogen (secondary N) is 1. The molecule has 0 amide bonds. The lowest BCUT2D eigenvalue weighted by atomic mass is 10.1. The van der Waals surface area contributed by atoms with Gasteiger partial charge in [-0.25, -0.2) is 0 Å². The van der Waals surface area contributed by atoms with E-state index in [9.17, 15) is 0 Å². The Morgan fingerprint density at radius 2 is 2.06 bits per heavy atom. The molecule has 0 saturated heterocycles. The zero-order chi connectivity index (χ0) is 12.5. The summed E-state index contributed by atoms with van der Waals surface area (Å²) in [4.78, 5) is 0. The van der Waals surface area contributed by atoms with Crippen molar-refractivity contribution in [3.8, 4) is 0 Å². The molecule has 0 bridgehead atoms. The fraction of sp³-hybridized carbons (Fsp3) is 0.500. The van der Waals surface area contributed by atoms with Gasteiger partial charge in [-0.2, -0.15) is 0 Å². The number of hydrogen-bond acceptors (Lipinski definition) is 2. The Kier molecular flexibility index (Phi) is 6.63. The number of rotatable bonds is 6. The van der Waals surface area contributed by atoms with Crippen LogP contribution in [0.25, 0.3) is 0 Å². The van der Waals surface area contributed by atoms with E-state index in [0.29, 0.717) is 5.17 Å². The molecule has 17 heavy (non-hydrogen) atoms. The molecular weight excluding hydrogens is 230 g/mol. The quantitative estimate of drug-likeness (QED) is 0.619. The van der Waals surface area contributed by atoms with Gasteiger partial charge in [0, 0.05) is 6.54 Å². The van der Waals surface area contributed by atoms with E-state index in [1.54, 1.807) is 0 Å². The smallest absolute Gasteiger partial charge is 0.256 e. The van der Waals surface area contributed by atoms with Gasteiger partial charge in [-0.1, -0.05) is 37.3 Å². The Balaban J connectivity index is 2.10. The van der Waals surface area contributed by atoms with E-state index in [0.717, 1.165) is 25.8 Å². The third-order valence-electron chi connectivity index (χ3n) is 2.64. The fourth-order valence-electron chi connectivity index (χ4n) is 1.44. The highest BCUT2D eigenvalue weighted by molar-refractivity contribution is 7.80. The van der Waals surface area contributed by atoms with Crippen LogP contribution in [0.15, 0.2) is 30.3 Å². The van der Waals surface area contributed by atoms with Gasteiger partial charge >= 0.3 is 0 Å². The SMILES string of the molecule is CCC(C)OC(=S)NCCCc1ccccc1. The van der Waals surface area contributed by atoms with Crippen LogP contribution < -0.4 is 5.32 Å². The van der Waals surface area contributed by atoms with Crippen molar-refractivity contribution in [2.45, 2.75) is 39.2 Å². The third-order valence-corrected chi connectivity index (χ3v) is 2.88. The van der Waals surface area contributed by atoms with E-state index in [4.69, 9.17) is 17.0 Å². The molecule has 0 aliphatic rings. The summed E-state index contributed by atoms with van der Waals surface area (Å²) in [6, 6.07) is 10.5. The Bertz CT molecular complexity index is 326. The molecule has 0 aliphatic carbocycles. The second-order valence-corrected chi connectivity index (χ2v) is 4.51. The molecule has 0 saturated carbocycles. The second-order valence-electron chi connectivity index (χ2n) is 4.14. The molecular formula is C14H21NOS. The average Bonchev–Trinajstić information content (AvgIpc) is 2.36. The van der Waals surface area contributed by atoms with Gasteiger partial charge in [0.1, 0.15) is 0 Å². The molecule has 0 aromatic heterocycles. The Morgan fingerprint density at radius 3 is 2.71 bits per heavy atom. The van der Waals surface area contributed by atoms with E-state index in [1.165, 1.54) is 5.56 Å². The zero-order valence-electron chi connectivity index (χ0n) is 10.6. The lowest BCUT2D eigenvalue weighted by Crippen LogP contribution is -2.28. The summed E-state index contributed by atoms with van der Waals surface area (Å²) < 4.78 is 5.47. The normalized spacial score (nSPS) is 11.9. The van der Waals surface area contributed by atoms with Crippen molar-refractivity contribution in [3.63, 3.8) is 0 Å². The van der Waals surface area contributed by atoms with E-state index < -0.39 is 0 Å². The monoisotopic (exact) mass is 251 g/mol. The fourth-order valence-corrected chi connectivity index (χ4v) is 1.70. The summed E-state index contributed by atoms with van der Waals surface area (Å²) in [7, 11) is 0. The topological polar surface area (TPSA) is 21.3 Å². The maximum Gasteiger partial charge on any atom is 0.256 e. The minimum Gasteiger partial charge on any atom is -0.468 e. The molecule has 1 aromatic carbocycles. The van der Waals surface area contributed by atoms with Crippen molar-refractivity contribution in [2.24, 2.45) is 0 Å². The van der Waals surface area contributed by atoms with Crippen molar-refractivity contribution < 1.29 is 4.74 Å². The van der Waals surface area contributed by atoms with Crippen molar-refractivity contribution in [2.75, 3.05) is 6.54 Å². The van der Waals surface area contributed by atoms with Gasteiger partial charge in [0.05, 0.1) is 6.10 Å². The van der Waals surface area contributed by atoms with E-state index in [2.05, 4.69) is 36.5 Å². The molecule has 1 atom stereocenters. The molecule has 0 radical (unpaired) electrons. The van der Waals surface area contributed by atoms with Crippen molar-refractivity contribution in [1.82, 2.24) is 5.32 Å². The van der Waals surface area contributed by atoms with Crippen LogP contribution in [0.3, 0.4) is 0 Å². The summed E-state index contributed by atoms with van der Waals surface area (Å²) in [6.45, 7) is 4.98. The second kappa shape index (κ2) is 8.07. The predicted molar refractivity (Wildman–Crippen MR) is 76.2 cm³/mol. The third kappa shape index (κ3) is 6.27. The van der Waals surface area contributed by atoms with Gasteiger partial charge in [0.25, 0.3) is 5.17 Å². The van der Waals surface area contributed by atoms with Crippen LogP contribution in [0.2, 0.25) is 0 Å². The van der Waals surface area contributed by atoms with Gasteiger partial charge < -0.3 is 10.1 Å². The maximum atomic E-state index is 5.47. The lowest BCUT2D eigenvalue weighted by Gasteiger charge is -2.14. The Morgan fingerprint density at radius 1 is 1.35 bits per heavy atom. The highest BCUT2D eigenvalue weighted by Gasteiger charge is 2.02. The van der Waals surface area contributed by atoms with Crippen molar-refractivity contribution in [3.05, 3.63) is 35.9 Å². The standard InChI is InChI=1S/C14H21NOS/c1-3-12(2)16-14(17)15-11-7-10-13-8-5-4-6-9-13/h4-6,8-9,12H,3,7,10-11H2,1-2H3,(H,15,17). The molecule has 2 nitrogen and oxygen atoms in total. The Labute approximate surface area is 109 Å². The summed E-state index contributed by atoms with van der Waals surface area (Å²) in [5.41, 5.74) is 1.36. The van der Waals surface area contributed by atoms with Crippen molar-refractivity contribution >= 4 is 17.4 Å². The Hall–Kier alpha value is -1.09. The minimum atomic E-state index is 0.198. The van der Waals surface area contributed by atoms with E-state index in [1.807, 2.05) is 13.0 Å². The van der Waals surface area contributed by atoms with Gasteiger partial charge in [0.2, 0.25) is 0 Å². The molecule has 1 aromatic rings. The molecule has 3 heteroatoms. The van der Waals surface area contributed by atoms with Gasteiger partial charge in [-0.05, 0) is 44.0 Å². The van der Waals surface area contributed by atoms with Crippen LogP contribution >= 0.6 is 12.2 Å². The number of benzene rings is 1. The maximum absolute atomic E-state index is 5.47. The van der Waals surface area contributed by atoms with Gasteiger partial charge in [0.15, 0.2) is 0 Å². The number of ether oxygens (including phenoxy) is 1. The van der Waals surface area contributed by atoms with Gasteiger partial charge in [-0.3, -0.25) is 0 Å². The predicted octanol–water partition coefficient (Wildman–Crippen LogP) is 3.31. The summed E-state index contributed by atoms with van der Waals surface area (Å²) in [5, 5.41) is 3.65. The first-order chi connectivity index (χ1) is 8.22. The molecule has 0 aliphatic heterocycles. The summed E-state index contributed by atoms with van der Waals surface area (Å²) >= 11 is 5.09. The number of thiocarbonyl (C=S) groups is 1. The molecule has 1 rings (SSSR count). The highest BCUT2D eigenvalue weighted by Crippen LogP contribution is 2.01. The lowest BCUT2D eigenvalue weighted by molar-refractivity contribution is 0.200. The molecule has 0 fully saturated rings. The first kappa shape index (κ1) is 14.0. The molecule has 1 N–H and O–H groups in total. The average molecular weight is 251 g/mol. The van der Waals surface area contributed by atoms with Gasteiger partial charge in [-0.15, -0.1) is 0 Å². The highest BCUT2D eigenvalue weighted by atomic mass is 32.1. The first-order valence-corrected chi connectivity index (χ1v) is 6.61. The van der Waals surface area contributed by atoms with Crippen molar-refractivity contribution in [1.29, 1.82) is 0 Å². The largest absolute Gasteiger partial charge is 0.468 e. The first-order valence-electron chi connectivity index (χ1n) is 6.20. The van der Waals surface area contributed by atoms with Crippen LogP contribution in [0.1, 0.15) is 32.3 Å². The number of aryl methyl sites for hydroxylation is 1. The van der Waals surface area contributed by atoms with Crippen LogP contribution in [0, 0.1) is 0 Å². The molecule has 0 heterocycles. The minimum absolute atomic E-state index is 0.198. The van der Waals surface area contributed by atoms with E-state index in [-0.39, 0.29) is 6.10 Å². The molecule has 1 unspecified atom stereocenters. The van der Waals surface area contributed by atoms with Crippen LogP contribution in [-0.4, -0.2) is 17.8 Å². The summed E-state index contributed by atoms with van der Waals surface area (Å²) in [6.07, 6.45) is 3.31. The van der Waals surface area contributed by atoms with Crippen LogP contribution in [-0.2, 0) is 11.2 Å². The van der Waals surface area contributed by atoms with Crippen LogP contribution in [0.5, 0.6) is 0 Å². The van der Waals surface area contributed by atoms with E-state index >= 15 is 0 Å². The molecule has 94 valence electrons. The zero-order valence-corrected chi connectivity index (χ0v) is 11.4. The molecule has 0 spiro atoms. The summed E-state index contributed by atoms with van der Waals surface area (Å²) in [5.74, 6) is 0. The number of hydrogen-bond donors (Lipinski definition) is 1.